The van der Waals surface area contributed by atoms with E-state index in [2.05, 4.69) is 4.90 Å². The Morgan fingerprint density at radius 3 is 2.67 bits per heavy atom. The number of β-amino-alcohol motifs (C(OH)–C–C–N with tert-alkyl or cyclic N) is 1. The minimum atomic E-state index is -0.877. The molecule has 0 radical (unpaired) electrons. The molecule has 6 heteroatoms. The molecule has 6 nitrogen and oxygen atoms in total. The fourth-order valence-electron chi connectivity index (χ4n) is 3.78. The van der Waals surface area contributed by atoms with E-state index in [1.54, 1.807) is 7.11 Å². The first-order valence-electron chi connectivity index (χ1n) is 9.24. The van der Waals surface area contributed by atoms with E-state index in [1.165, 1.54) is 0 Å². The zero-order valence-corrected chi connectivity index (χ0v) is 15.4. The van der Waals surface area contributed by atoms with Crippen molar-refractivity contribution in [2.45, 2.75) is 24.5 Å². The van der Waals surface area contributed by atoms with E-state index < -0.39 is 11.7 Å². The number of nitrogens with zero attached hydrogens (tertiary/aromatic N) is 1. The summed E-state index contributed by atoms with van der Waals surface area (Å²) in [6.07, 6.45) is 0.631. The third kappa shape index (κ3) is 3.74. The van der Waals surface area contributed by atoms with Gasteiger partial charge in [0.05, 0.1) is 18.8 Å². The van der Waals surface area contributed by atoms with Crippen molar-refractivity contribution in [3.05, 3.63) is 53.6 Å². The number of likely N-dealkylation sites (tertiary alicyclic amines) is 1. The van der Waals surface area contributed by atoms with E-state index >= 15 is 0 Å². The monoisotopic (exact) mass is 371 g/mol. The molecule has 2 heterocycles. The first-order valence-corrected chi connectivity index (χ1v) is 9.24. The fourth-order valence-corrected chi connectivity index (χ4v) is 3.78. The van der Waals surface area contributed by atoms with Gasteiger partial charge in [0, 0.05) is 19.6 Å². The van der Waals surface area contributed by atoms with Gasteiger partial charge in [0.1, 0.15) is 5.75 Å². The lowest BCUT2D eigenvalue weighted by Crippen LogP contribution is -2.43. The number of aliphatic hydroxyl groups excluding tert-OH is 1. The smallest absolute Gasteiger partial charge is 0.231 e. The minimum absolute atomic E-state index is 0.229. The number of methoxy groups -OCH3 is 1. The maximum Gasteiger partial charge on any atom is 0.231 e. The standard InChI is InChI=1S/C21H25NO5/c1-25-17-4-2-3-15(11-17)18(23)13-22-9-7-21(24,8-10-22)16-5-6-19-20(12-16)27-14-26-19/h2-6,11-12,18,23-24H,7-10,13-14H2,1H3/t18-/m1/s1. The van der Waals surface area contributed by atoms with Crippen LogP contribution in [0, 0.1) is 0 Å². The van der Waals surface area contributed by atoms with Gasteiger partial charge in [-0.25, -0.2) is 0 Å². The van der Waals surface area contributed by atoms with Crippen LogP contribution in [0.25, 0.3) is 0 Å². The highest BCUT2D eigenvalue weighted by molar-refractivity contribution is 5.46. The summed E-state index contributed by atoms with van der Waals surface area (Å²) in [7, 11) is 1.62. The predicted octanol–water partition coefficient (Wildman–Crippen LogP) is 2.44. The summed E-state index contributed by atoms with van der Waals surface area (Å²) in [4.78, 5) is 2.19. The number of aliphatic hydroxyl groups is 2. The van der Waals surface area contributed by atoms with E-state index in [1.807, 2.05) is 42.5 Å². The van der Waals surface area contributed by atoms with Gasteiger partial charge in [0.15, 0.2) is 11.5 Å². The van der Waals surface area contributed by atoms with Crippen LogP contribution in [0.15, 0.2) is 42.5 Å². The van der Waals surface area contributed by atoms with Crippen LogP contribution in [0.2, 0.25) is 0 Å². The SMILES string of the molecule is COc1cccc([C@H](O)CN2CCC(O)(c3ccc4c(c3)OCO4)CC2)c1. The van der Waals surface area contributed by atoms with Crippen LogP contribution in [0.4, 0.5) is 0 Å². The van der Waals surface area contributed by atoms with E-state index in [-0.39, 0.29) is 6.79 Å². The van der Waals surface area contributed by atoms with Gasteiger partial charge in [-0.1, -0.05) is 18.2 Å². The zero-order valence-electron chi connectivity index (χ0n) is 15.4. The van der Waals surface area contributed by atoms with Crippen molar-refractivity contribution in [2.24, 2.45) is 0 Å². The van der Waals surface area contributed by atoms with Crippen molar-refractivity contribution < 1.29 is 24.4 Å². The van der Waals surface area contributed by atoms with Crippen molar-refractivity contribution in [3.8, 4) is 17.2 Å². The summed E-state index contributed by atoms with van der Waals surface area (Å²) in [6.45, 7) is 2.19. The van der Waals surface area contributed by atoms with Gasteiger partial charge in [-0.05, 0) is 48.2 Å². The average Bonchev–Trinajstić information content (AvgIpc) is 3.18. The molecule has 0 aromatic heterocycles. The highest BCUT2D eigenvalue weighted by atomic mass is 16.7. The molecule has 0 saturated carbocycles. The third-order valence-corrected chi connectivity index (χ3v) is 5.50. The molecule has 2 aliphatic heterocycles. The van der Waals surface area contributed by atoms with Crippen LogP contribution in [-0.2, 0) is 5.60 Å². The van der Waals surface area contributed by atoms with E-state index in [4.69, 9.17) is 14.2 Å². The first kappa shape index (κ1) is 18.1. The number of rotatable bonds is 5. The van der Waals surface area contributed by atoms with E-state index in [0.717, 1.165) is 22.6 Å². The summed E-state index contributed by atoms with van der Waals surface area (Å²) >= 11 is 0. The number of hydrogen-bond acceptors (Lipinski definition) is 6. The lowest BCUT2D eigenvalue weighted by atomic mass is 9.84. The molecule has 1 atom stereocenters. The largest absolute Gasteiger partial charge is 0.497 e. The Balaban J connectivity index is 1.38. The second-order valence-corrected chi connectivity index (χ2v) is 7.19. The highest BCUT2D eigenvalue weighted by Gasteiger charge is 2.35. The van der Waals surface area contributed by atoms with Gasteiger partial charge in [-0.3, -0.25) is 0 Å². The molecule has 2 aromatic carbocycles. The topological polar surface area (TPSA) is 71.4 Å². The van der Waals surface area contributed by atoms with Gasteiger partial charge in [-0.15, -0.1) is 0 Å². The Morgan fingerprint density at radius 2 is 1.89 bits per heavy atom. The van der Waals surface area contributed by atoms with Crippen LogP contribution in [0.1, 0.15) is 30.1 Å². The lowest BCUT2D eigenvalue weighted by Gasteiger charge is -2.39. The summed E-state index contributed by atoms with van der Waals surface area (Å²) in [6, 6.07) is 13.2. The Hall–Kier alpha value is -2.28. The zero-order chi connectivity index (χ0) is 18.9. The molecule has 2 aromatic rings. The molecule has 1 fully saturated rings. The lowest BCUT2D eigenvalue weighted by molar-refractivity contribution is -0.0345. The van der Waals surface area contributed by atoms with Crippen LogP contribution in [0.3, 0.4) is 0 Å². The predicted molar refractivity (Wildman–Crippen MR) is 100 cm³/mol. The molecule has 0 unspecified atom stereocenters. The normalized spacial score (nSPS) is 19.7. The van der Waals surface area contributed by atoms with Gasteiger partial charge in [0.2, 0.25) is 6.79 Å². The molecule has 0 spiro atoms. The molecule has 1 saturated heterocycles. The first-order chi connectivity index (χ1) is 13.1. The maximum absolute atomic E-state index is 11.1. The molecule has 144 valence electrons. The number of benzene rings is 2. The van der Waals surface area contributed by atoms with Gasteiger partial charge in [-0.2, -0.15) is 0 Å². The molecular weight excluding hydrogens is 346 g/mol. The summed E-state index contributed by atoms with van der Waals surface area (Å²) in [5.41, 5.74) is 0.823. The van der Waals surface area contributed by atoms with Gasteiger partial charge >= 0.3 is 0 Å². The quantitative estimate of drug-likeness (QED) is 0.841. The number of fused-ring (bicyclic) bond motifs is 1. The van der Waals surface area contributed by atoms with Gasteiger partial charge < -0.3 is 29.3 Å². The molecule has 2 N–H and O–H groups in total. The van der Waals surface area contributed by atoms with Crippen LogP contribution in [0.5, 0.6) is 17.2 Å². The van der Waals surface area contributed by atoms with Crippen LogP contribution in [-0.4, -0.2) is 48.6 Å². The molecule has 27 heavy (non-hydrogen) atoms. The highest BCUT2D eigenvalue weighted by Crippen LogP contribution is 2.39. The Morgan fingerprint density at radius 1 is 1.11 bits per heavy atom. The Labute approximate surface area is 158 Å². The molecule has 0 bridgehead atoms. The number of piperidine rings is 1. The maximum atomic E-state index is 11.1. The summed E-state index contributed by atoms with van der Waals surface area (Å²) in [5, 5.41) is 21.7. The molecule has 4 rings (SSSR count). The van der Waals surface area contributed by atoms with Crippen molar-refractivity contribution in [1.29, 1.82) is 0 Å². The van der Waals surface area contributed by atoms with Gasteiger partial charge in [0.25, 0.3) is 0 Å². The Kier molecular flexibility index (Phi) is 4.95. The van der Waals surface area contributed by atoms with Crippen LogP contribution >= 0.6 is 0 Å². The van der Waals surface area contributed by atoms with E-state index in [0.29, 0.717) is 38.2 Å². The average molecular weight is 371 g/mol. The van der Waals surface area contributed by atoms with Crippen molar-refractivity contribution in [2.75, 3.05) is 33.5 Å². The van der Waals surface area contributed by atoms with E-state index in [9.17, 15) is 10.2 Å². The number of hydrogen-bond donors (Lipinski definition) is 2. The second kappa shape index (κ2) is 7.38. The summed E-state index contributed by atoms with van der Waals surface area (Å²) < 4.78 is 16.0. The number of ether oxygens (including phenoxy) is 3. The van der Waals surface area contributed by atoms with Crippen molar-refractivity contribution >= 4 is 0 Å². The molecule has 0 aliphatic carbocycles. The molecular formula is C21H25NO5. The fraction of sp³-hybridized carbons (Fsp3) is 0.429. The van der Waals surface area contributed by atoms with Crippen molar-refractivity contribution in [3.63, 3.8) is 0 Å². The Bertz CT molecular complexity index is 801. The summed E-state index contributed by atoms with van der Waals surface area (Å²) in [5.74, 6) is 2.15. The van der Waals surface area contributed by atoms with Crippen molar-refractivity contribution in [1.82, 2.24) is 4.90 Å². The molecule has 0 amide bonds. The molecule has 2 aliphatic rings. The van der Waals surface area contributed by atoms with Crippen LogP contribution < -0.4 is 14.2 Å². The minimum Gasteiger partial charge on any atom is -0.497 e. The second-order valence-electron chi connectivity index (χ2n) is 7.19. The third-order valence-electron chi connectivity index (χ3n) is 5.50.